The zero-order valence-corrected chi connectivity index (χ0v) is 13.5. The number of aliphatic hydroxyl groups excluding tert-OH is 1. The van der Waals surface area contributed by atoms with Crippen LogP contribution in [0.2, 0.25) is 0 Å². The van der Waals surface area contributed by atoms with Gasteiger partial charge in [0.15, 0.2) is 0 Å². The molecule has 1 saturated heterocycles. The minimum atomic E-state index is -0.213. The van der Waals surface area contributed by atoms with E-state index in [2.05, 4.69) is 5.32 Å². The lowest BCUT2D eigenvalue weighted by atomic mass is 10.2. The lowest BCUT2D eigenvalue weighted by Crippen LogP contribution is -2.34. The Morgan fingerprint density at radius 2 is 2.09 bits per heavy atom. The molecule has 0 atom stereocenters. The second-order valence-corrected chi connectivity index (χ2v) is 6.24. The Kier molecular flexibility index (Phi) is 6.11. The molecule has 1 heterocycles. The molecule has 1 aliphatic heterocycles. The molecule has 0 spiro atoms. The van der Waals surface area contributed by atoms with Crippen LogP contribution in [0.15, 0.2) is 35.2 Å². The van der Waals surface area contributed by atoms with Crippen molar-refractivity contribution in [2.45, 2.75) is 6.42 Å². The number of amides is 2. The topological polar surface area (TPSA) is 69.6 Å². The van der Waals surface area contributed by atoms with Gasteiger partial charge in [0.1, 0.15) is 4.32 Å². The fourth-order valence-corrected chi connectivity index (χ4v) is 3.20. The quantitative estimate of drug-likeness (QED) is 0.607. The average Bonchev–Trinajstić information content (AvgIpc) is 2.78. The van der Waals surface area contributed by atoms with Crippen molar-refractivity contribution in [3.05, 3.63) is 40.8 Å². The third-order valence-electron chi connectivity index (χ3n) is 2.97. The van der Waals surface area contributed by atoms with Crippen LogP contribution in [0.25, 0.3) is 6.08 Å². The fourth-order valence-electron chi connectivity index (χ4n) is 1.89. The smallest absolute Gasteiger partial charge is 0.266 e. The molecule has 2 N–H and O–H groups in total. The minimum Gasteiger partial charge on any atom is -0.395 e. The highest BCUT2D eigenvalue weighted by molar-refractivity contribution is 8.26. The van der Waals surface area contributed by atoms with Crippen LogP contribution in [0, 0.1) is 0 Å². The van der Waals surface area contributed by atoms with E-state index in [9.17, 15) is 9.59 Å². The van der Waals surface area contributed by atoms with Gasteiger partial charge in [-0.2, -0.15) is 0 Å². The molecule has 1 aliphatic rings. The third-order valence-corrected chi connectivity index (χ3v) is 4.35. The summed E-state index contributed by atoms with van der Waals surface area (Å²) in [4.78, 5) is 25.8. The summed E-state index contributed by atoms with van der Waals surface area (Å²) in [5.41, 5.74) is 0.934. The fraction of sp³-hybridized carbons (Fsp3) is 0.267. The second kappa shape index (κ2) is 8.07. The normalized spacial score (nSPS) is 16.4. The summed E-state index contributed by atoms with van der Waals surface area (Å²) in [7, 11) is 0. The highest BCUT2D eigenvalue weighted by Crippen LogP contribution is 2.32. The molecule has 22 heavy (non-hydrogen) atoms. The maximum absolute atomic E-state index is 12.3. The van der Waals surface area contributed by atoms with Crippen LogP contribution >= 0.6 is 24.0 Å². The van der Waals surface area contributed by atoms with Gasteiger partial charge < -0.3 is 10.4 Å². The Balaban J connectivity index is 1.97. The van der Waals surface area contributed by atoms with Gasteiger partial charge in [-0.25, -0.2) is 0 Å². The summed E-state index contributed by atoms with van der Waals surface area (Å²) in [5, 5.41) is 11.2. The number of rotatable bonds is 6. The van der Waals surface area contributed by atoms with Crippen LogP contribution in [-0.2, 0) is 9.59 Å². The molecular formula is C15H16N2O3S2. The molecule has 1 fully saturated rings. The molecule has 2 rings (SSSR count). The van der Waals surface area contributed by atoms with E-state index in [4.69, 9.17) is 17.3 Å². The highest BCUT2D eigenvalue weighted by atomic mass is 32.2. The Hall–Kier alpha value is -1.70. The number of benzene rings is 1. The number of carbonyl (C=O) groups excluding carboxylic acids is 2. The van der Waals surface area contributed by atoms with Crippen LogP contribution in [0.5, 0.6) is 0 Å². The van der Waals surface area contributed by atoms with Crippen LogP contribution in [0.4, 0.5) is 0 Å². The van der Waals surface area contributed by atoms with Crippen LogP contribution in [0.1, 0.15) is 12.0 Å². The number of carbonyl (C=O) groups is 2. The summed E-state index contributed by atoms with van der Waals surface area (Å²) in [6, 6.07) is 9.54. The molecule has 116 valence electrons. The van der Waals surface area contributed by atoms with Gasteiger partial charge in [-0.15, -0.1) is 0 Å². The monoisotopic (exact) mass is 336 g/mol. The van der Waals surface area contributed by atoms with E-state index in [1.54, 1.807) is 6.08 Å². The molecular weight excluding hydrogens is 320 g/mol. The SMILES string of the molecule is O=C(CCN1C(=O)/C(=C/c2ccccc2)SC1=S)NCCO. The van der Waals surface area contributed by atoms with Crippen LogP contribution in [0.3, 0.4) is 0 Å². The van der Waals surface area contributed by atoms with E-state index in [0.717, 1.165) is 5.56 Å². The largest absolute Gasteiger partial charge is 0.395 e. The lowest BCUT2D eigenvalue weighted by Gasteiger charge is -2.13. The second-order valence-electron chi connectivity index (χ2n) is 4.57. The summed E-state index contributed by atoms with van der Waals surface area (Å²) in [5.74, 6) is -0.385. The maximum Gasteiger partial charge on any atom is 0.266 e. The molecule has 0 aromatic heterocycles. The number of thioether (sulfide) groups is 1. The first-order chi connectivity index (χ1) is 10.6. The van der Waals surface area contributed by atoms with E-state index in [1.165, 1.54) is 16.7 Å². The van der Waals surface area contributed by atoms with Crippen molar-refractivity contribution >= 4 is 46.2 Å². The number of nitrogens with zero attached hydrogens (tertiary/aromatic N) is 1. The van der Waals surface area contributed by atoms with Gasteiger partial charge in [0.05, 0.1) is 11.5 Å². The van der Waals surface area contributed by atoms with E-state index in [0.29, 0.717) is 9.23 Å². The lowest BCUT2D eigenvalue weighted by molar-refractivity contribution is -0.123. The number of hydrogen-bond acceptors (Lipinski definition) is 5. The van der Waals surface area contributed by atoms with E-state index in [-0.39, 0.29) is 37.9 Å². The highest BCUT2D eigenvalue weighted by Gasteiger charge is 2.31. The molecule has 1 aromatic rings. The average molecular weight is 336 g/mol. The number of hydrogen-bond donors (Lipinski definition) is 2. The van der Waals surface area contributed by atoms with E-state index >= 15 is 0 Å². The van der Waals surface area contributed by atoms with Gasteiger partial charge in [-0.3, -0.25) is 14.5 Å². The van der Waals surface area contributed by atoms with Gasteiger partial charge >= 0.3 is 0 Å². The maximum atomic E-state index is 12.3. The summed E-state index contributed by atoms with van der Waals surface area (Å²) >= 11 is 6.45. The molecule has 2 amide bonds. The molecule has 1 aromatic carbocycles. The van der Waals surface area contributed by atoms with Crippen molar-refractivity contribution in [3.8, 4) is 0 Å². The van der Waals surface area contributed by atoms with Crippen molar-refractivity contribution in [1.29, 1.82) is 0 Å². The van der Waals surface area contributed by atoms with Gasteiger partial charge in [0.25, 0.3) is 5.91 Å². The predicted octanol–water partition coefficient (Wildman–Crippen LogP) is 1.39. The van der Waals surface area contributed by atoms with Crippen LogP contribution < -0.4 is 5.32 Å². The van der Waals surface area contributed by atoms with Gasteiger partial charge in [0, 0.05) is 19.5 Å². The molecule has 0 saturated carbocycles. The van der Waals surface area contributed by atoms with E-state index in [1.807, 2.05) is 30.3 Å². The Labute approximate surface area is 138 Å². The molecule has 7 heteroatoms. The van der Waals surface area contributed by atoms with Crippen molar-refractivity contribution in [3.63, 3.8) is 0 Å². The third kappa shape index (κ3) is 4.40. The first-order valence-corrected chi connectivity index (χ1v) is 8.02. The van der Waals surface area contributed by atoms with Crippen molar-refractivity contribution in [2.75, 3.05) is 19.7 Å². The Bertz CT molecular complexity index is 602. The zero-order valence-electron chi connectivity index (χ0n) is 11.8. The number of aliphatic hydroxyl groups is 1. The zero-order chi connectivity index (χ0) is 15.9. The molecule has 0 unspecified atom stereocenters. The summed E-state index contributed by atoms with van der Waals surface area (Å²) in [6.07, 6.45) is 1.95. The van der Waals surface area contributed by atoms with Gasteiger partial charge in [0.2, 0.25) is 5.91 Å². The molecule has 0 bridgehead atoms. The van der Waals surface area contributed by atoms with Crippen LogP contribution in [-0.4, -0.2) is 45.8 Å². The Morgan fingerprint density at radius 3 is 2.77 bits per heavy atom. The first kappa shape index (κ1) is 16.7. The van der Waals surface area contributed by atoms with Crippen molar-refractivity contribution < 1.29 is 14.7 Å². The molecule has 5 nitrogen and oxygen atoms in total. The molecule has 0 radical (unpaired) electrons. The Morgan fingerprint density at radius 1 is 1.36 bits per heavy atom. The van der Waals surface area contributed by atoms with E-state index < -0.39 is 0 Å². The minimum absolute atomic E-state index is 0.105. The van der Waals surface area contributed by atoms with Gasteiger partial charge in [-0.05, 0) is 11.6 Å². The number of thiocarbonyl (C=S) groups is 1. The van der Waals surface area contributed by atoms with Crippen molar-refractivity contribution in [2.24, 2.45) is 0 Å². The summed E-state index contributed by atoms with van der Waals surface area (Å²) in [6.45, 7) is 0.353. The molecule has 0 aliphatic carbocycles. The standard InChI is InChI=1S/C15H16N2O3S2/c18-9-7-16-13(19)6-8-17-14(20)12(22-15(17)21)10-11-4-2-1-3-5-11/h1-5,10,18H,6-9H2,(H,16,19)/b12-10-. The van der Waals surface area contributed by atoms with Gasteiger partial charge in [-0.1, -0.05) is 54.3 Å². The first-order valence-electron chi connectivity index (χ1n) is 6.80. The number of nitrogens with one attached hydrogen (secondary N) is 1. The summed E-state index contributed by atoms with van der Waals surface area (Å²) < 4.78 is 0.460. The van der Waals surface area contributed by atoms with Crippen molar-refractivity contribution in [1.82, 2.24) is 10.2 Å². The predicted molar refractivity (Wildman–Crippen MR) is 91.0 cm³/mol.